The molecule has 0 aliphatic carbocycles. The smallest absolute Gasteiger partial charge is 0.246 e. The predicted molar refractivity (Wildman–Crippen MR) is 137 cm³/mol. The largest absolute Gasteiger partial charge is 0.396 e. The number of ether oxygens (including phenoxy) is 1. The van der Waals surface area contributed by atoms with Crippen LogP contribution in [0.5, 0.6) is 0 Å². The second kappa shape index (κ2) is 10.5. The van der Waals surface area contributed by atoms with E-state index in [1.165, 1.54) is 0 Å². The molecule has 3 N–H and O–H groups in total. The van der Waals surface area contributed by atoms with Crippen molar-refractivity contribution in [1.29, 1.82) is 0 Å². The number of nitrogens with zero attached hydrogens (tertiary/aromatic N) is 1. The van der Waals surface area contributed by atoms with Gasteiger partial charge in [0.25, 0.3) is 0 Å². The lowest BCUT2D eigenvalue weighted by atomic mass is 9.62. The van der Waals surface area contributed by atoms with Gasteiger partial charge in [-0.05, 0) is 64.0 Å². The van der Waals surface area contributed by atoms with Gasteiger partial charge in [-0.2, -0.15) is 0 Å². The highest BCUT2D eigenvalue weighted by molar-refractivity contribution is 6.02. The van der Waals surface area contributed by atoms with Crippen LogP contribution >= 0.6 is 0 Å². The number of para-hydroxylation sites is 1. The number of anilines is 1. The number of nitrogens with one attached hydrogen (secondary N) is 2. The van der Waals surface area contributed by atoms with Gasteiger partial charge in [-0.25, -0.2) is 0 Å². The van der Waals surface area contributed by atoms with Crippen LogP contribution in [0.2, 0.25) is 0 Å². The predicted octanol–water partition coefficient (Wildman–Crippen LogP) is 3.10. The minimum atomic E-state index is -1.03. The van der Waals surface area contributed by atoms with Gasteiger partial charge in [0.2, 0.25) is 17.7 Å². The van der Waals surface area contributed by atoms with Crippen molar-refractivity contribution in [2.45, 2.75) is 89.5 Å². The number of hydrogen-bond donors (Lipinski definition) is 3. The van der Waals surface area contributed by atoms with Gasteiger partial charge in [0, 0.05) is 24.9 Å². The second-order valence-electron chi connectivity index (χ2n) is 11.1. The Morgan fingerprint density at radius 2 is 1.92 bits per heavy atom. The molecule has 3 aliphatic rings. The Kier molecular flexibility index (Phi) is 7.76. The third kappa shape index (κ3) is 4.43. The van der Waals surface area contributed by atoms with Crippen molar-refractivity contribution in [3.63, 3.8) is 0 Å². The molecular weight excluding hydrogens is 458 g/mol. The molecule has 8 nitrogen and oxygen atoms in total. The summed E-state index contributed by atoms with van der Waals surface area (Å²) >= 11 is 0. The van der Waals surface area contributed by atoms with E-state index < -0.39 is 29.1 Å². The molecule has 1 aromatic carbocycles. The van der Waals surface area contributed by atoms with Gasteiger partial charge in [0.1, 0.15) is 11.6 Å². The van der Waals surface area contributed by atoms with E-state index >= 15 is 0 Å². The van der Waals surface area contributed by atoms with Crippen LogP contribution in [-0.4, -0.2) is 64.2 Å². The normalized spacial score (nSPS) is 33.5. The second-order valence-corrected chi connectivity index (χ2v) is 11.1. The quantitative estimate of drug-likeness (QED) is 0.406. The molecule has 3 amide bonds. The van der Waals surface area contributed by atoms with Gasteiger partial charge >= 0.3 is 0 Å². The third-order valence-electron chi connectivity index (χ3n) is 8.55. The van der Waals surface area contributed by atoms with Crippen molar-refractivity contribution in [3.05, 3.63) is 30.3 Å². The summed E-state index contributed by atoms with van der Waals surface area (Å²) in [5.74, 6) is -2.01. The first kappa shape index (κ1) is 26.6. The first-order chi connectivity index (χ1) is 17.2. The number of carbonyl (C=O) groups is 3. The summed E-state index contributed by atoms with van der Waals surface area (Å²) in [6.45, 7) is 8.53. The van der Waals surface area contributed by atoms with E-state index in [1.807, 2.05) is 44.2 Å². The van der Waals surface area contributed by atoms with E-state index in [9.17, 15) is 19.5 Å². The first-order valence-electron chi connectivity index (χ1n) is 13.5. The Labute approximate surface area is 214 Å². The molecule has 7 atom stereocenters. The van der Waals surface area contributed by atoms with Crippen molar-refractivity contribution >= 4 is 23.4 Å². The van der Waals surface area contributed by atoms with Gasteiger partial charge in [0.15, 0.2) is 0 Å². The lowest BCUT2D eigenvalue weighted by molar-refractivity contribution is -0.146. The number of aliphatic hydroxyl groups excluding tert-OH is 1. The Morgan fingerprint density at radius 3 is 2.58 bits per heavy atom. The zero-order valence-electron chi connectivity index (χ0n) is 22.0. The Hall–Kier alpha value is -2.45. The number of benzene rings is 1. The summed E-state index contributed by atoms with van der Waals surface area (Å²) in [7, 11) is 0. The standard InChI is InChI=1S/C28H41N3O5/c1-5-12-19(3)29-25(34)23-28-17-18(2)27(4,36-28)21(24(33)30-20-13-8-6-9-14-20)22(28)26(35)31(23)15-10-7-11-16-32/h6,8-9,13-14,18-19,21-23,32H,5,7,10-12,15-17H2,1-4H3,(H,29,34)(H,30,33)/t18?,19?,21-,22-,23?,27+,28?/m0/s1. The van der Waals surface area contributed by atoms with Crippen LogP contribution in [0.3, 0.4) is 0 Å². The molecule has 36 heavy (non-hydrogen) atoms. The monoisotopic (exact) mass is 499 g/mol. The Balaban J connectivity index is 1.68. The highest BCUT2D eigenvalue weighted by Crippen LogP contribution is 2.65. The molecule has 2 bridgehead atoms. The van der Waals surface area contributed by atoms with E-state index in [4.69, 9.17) is 4.74 Å². The summed E-state index contributed by atoms with van der Waals surface area (Å²) in [5, 5.41) is 15.3. The van der Waals surface area contributed by atoms with Crippen LogP contribution in [-0.2, 0) is 19.1 Å². The molecule has 3 aliphatic heterocycles. The molecular formula is C28H41N3O5. The van der Waals surface area contributed by atoms with Crippen LogP contribution in [0.4, 0.5) is 5.69 Å². The average Bonchev–Trinajstić information content (AvgIpc) is 3.34. The van der Waals surface area contributed by atoms with E-state index in [2.05, 4.69) is 24.5 Å². The summed E-state index contributed by atoms with van der Waals surface area (Å²) in [6, 6.07) is 8.44. The Morgan fingerprint density at radius 1 is 1.19 bits per heavy atom. The number of amides is 3. The minimum absolute atomic E-state index is 0.00535. The average molecular weight is 500 g/mol. The van der Waals surface area contributed by atoms with Crippen LogP contribution in [0.25, 0.3) is 0 Å². The fraction of sp³-hybridized carbons (Fsp3) is 0.679. The fourth-order valence-corrected chi connectivity index (χ4v) is 6.82. The van der Waals surface area contributed by atoms with E-state index in [-0.39, 0.29) is 36.3 Å². The van der Waals surface area contributed by atoms with Crippen molar-refractivity contribution in [2.75, 3.05) is 18.5 Å². The maximum Gasteiger partial charge on any atom is 0.246 e. The van der Waals surface area contributed by atoms with Crippen molar-refractivity contribution in [3.8, 4) is 0 Å². The minimum Gasteiger partial charge on any atom is -0.396 e. The van der Waals surface area contributed by atoms with Gasteiger partial charge in [-0.3, -0.25) is 14.4 Å². The van der Waals surface area contributed by atoms with Crippen LogP contribution in [0.15, 0.2) is 30.3 Å². The van der Waals surface area contributed by atoms with Crippen LogP contribution in [0, 0.1) is 17.8 Å². The molecule has 4 rings (SSSR count). The van der Waals surface area contributed by atoms with Gasteiger partial charge < -0.3 is 25.4 Å². The maximum atomic E-state index is 14.0. The highest BCUT2D eigenvalue weighted by Gasteiger charge is 2.79. The van der Waals surface area contributed by atoms with Gasteiger partial charge in [-0.1, -0.05) is 38.5 Å². The summed E-state index contributed by atoms with van der Waals surface area (Å²) in [4.78, 5) is 43.1. The molecule has 198 valence electrons. The van der Waals surface area contributed by atoms with Crippen molar-refractivity contribution < 1.29 is 24.2 Å². The van der Waals surface area contributed by atoms with Gasteiger partial charge in [-0.15, -0.1) is 0 Å². The Bertz CT molecular complexity index is 971. The number of unbranched alkanes of at least 4 members (excludes halogenated alkanes) is 2. The van der Waals surface area contributed by atoms with E-state index in [0.717, 1.165) is 19.3 Å². The zero-order chi connectivity index (χ0) is 26.1. The lowest BCUT2D eigenvalue weighted by Gasteiger charge is -2.36. The van der Waals surface area contributed by atoms with Gasteiger partial charge in [0.05, 0.1) is 17.4 Å². The molecule has 3 heterocycles. The zero-order valence-corrected chi connectivity index (χ0v) is 22.0. The molecule has 1 spiro atoms. The third-order valence-corrected chi connectivity index (χ3v) is 8.55. The number of fused-ring (bicyclic) bond motifs is 1. The molecule has 4 unspecified atom stereocenters. The SMILES string of the molecule is CCCC(C)NC(=O)C1N(CCCCCO)C(=O)[C@@H]2[C@@H](C(=O)Nc3ccccc3)[C@]3(C)OC12CC3C. The summed E-state index contributed by atoms with van der Waals surface area (Å²) < 4.78 is 6.73. The maximum absolute atomic E-state index is 14.0. The number of likely N-dealkylation sites (tertiary alicyclic amines) is 1. The van der Waals surface area contributed by atoms with Crippen LogP contribution < -0.4 is 10.6 Å². The molecule has 3 fully saturated rings. The number of carbonyl (C=O) groups excluding carboxylic acids is 3. The van der Waals surface area contributed by atoms with Crippen LogP contribution in [0.1, 0.15) is 66.2 Å². The lowest BCUT2D eigenvalue weighted by Crippen LogP contribution is -2.57. The first-order valence-corrected chi connectivity index (χ1v) is 13.5. The summed E-state index contributed by atoms with van der Waals surface area (Å²) in [6.07, 6.45) is 4.42. The van der Waals surface area contributed by atoms with Crippen molar-refractivity contribution in [1.82, 2.24) is 10.2 Å². The molecule has 1 aromatic rings. The number of hydrogen-bond acceptors (Lipinski definition) is 5. The topological polar surface area (TPSA) is 108 Å². The summed E-state index contributed by atoms with van der Waals surface area (Å²) in [5.41, 5.74) is -1.20. The van der Waals surface area contributed by atoms with E-state index in [1.54, 1.807) is 4.90 Å². The van der Waals surface area contributed by atoms with Crippen molar-refractivity contribution in [2.24, 2.45) is 17.8 Å². The number of aliphatic hydroxyl groups is 1. The molecule has 0 aromatic heterocycles. The molecule has 0 radical (unpaired) electrons. The molecule has 3 saturated heterocycles. The molecule has 8 heteroatoms. The molecule has 0 saturated carbocycles. The highest BCUT2D eigenvalue weighted by atomic mass is 16.5. The van der Waals surface area contributed by atoms with E-state index in [0.29, 0.717) is 31.5 Å². The fourth-order valence-electron chi connectivity index (χ4n) is 6.82. The number of rotatable bonds is 11.